The second-order valence-electron chi connectivity index (χ2n) is 10.1. The van der Waals surface area contributed by atoms with E-state index in [2.05, 4.69) is 38.1 Å². The van der Waals surface area contributed by atoms with Crippen LogP contribution in [0.1, 0.15) is 122 Å². The predicted octanol–water partition coefficient (Wildman–Crippen LogP) is 8.92. The third kappa shape index (κ3) is 7.65. The molecule has 1 aromatic rings. The van der Waals surface area contributed by atoms with Crippen molar-refractivity contribution in [2.45, 2.75) is 116 Å². The van der Waals surface area contributed by atoms with E-state index in [4.69, 9.17) is 4.74 Å². The van der Waals surface area contributed by atoms with Gasteiger partial charge in [-0.05, 0) is 79.9 Å². The van der Waals surface area contributed by atoms with Crippen molar-refractivity contribution in [1.29, 1.82) is 0 Å². The minimum atomic E-state index is 0.782. The number of hydrogen-bond acceptors (Lipinski definition) is 1. The Balaban J connectivity index is 1.29. The molecule has 29 heavy (non-hydrogen) atoms. The van der Waals surface area contributed by atoms with Crippen LogP contribution in [0.4, 0.5) is 0 Å². The van der Waals surface area contributed by atoms with Gasteiger partial charge < -0.3 is 4.74 Å². The first-order valence-electron chi connectivity index (χ1n) is 13.0. The number of hydrogen-bond donors (Lipinski definition) is 0. The summed E-state index contributed by atoms with van der Waals surface area (Å²) >= 11 is 0. The van der Waals surface area contributed by atoms with Crippen molar-refractivity contribution in [2.75, 3.05) is 6.61 Å². The minimum absolute atomic E-state index is 0.782. The van der Waals surface area contributed by atoms with Crippen LogP contribution in [0.5, 0.6) is 5.75 Å². The lowest BCUT2D eigenvalue weighted by atomic mass is 9.77. The Morgan fingerprint density at radius 2 is 1.21 bits per heavy atom. The molecule has 1 nitrogen and oxygen atoms in total. The number of ether oxygens (including phenoxy) is 1. The van der Waals surface area contributed by atoms with Gasteiger partial charge in [0, 0.05) is 0 Å². The van der Waals surface area contributed by atoms with Gasteiger partial charge in [0.15, 0.2) is 0 Å². The fourth-order valence-electron chi connectivity index (χ4n) is 5.89. The van der Waals surface area contributed by atoms with Crippen molar-refractivity contribution in [1.82, 2.24) is 0 Å². The fourth-order valence-corrected chi connectivity index (χ4v) is 5.89. The summed E-state index contributed by atoms with van der Waals surface area (Å²) < 4.78 is 6.06. The third-order valence-corrected chi connectivity index (χ3v) is 7.85. The van der Waals surface area contributed by atoms with Gasteiger partial charge in [0.25, 0.3) is 0 Å². The van der Waals surface area contributed by atoms with Crippen LogP contribution < -0.4 is 4.74 Å². The Morgan fingerprint density at radius 1 is 0.655 bits per heavy atom. The molecule has 0 aromatic heterocycles. The molecule has 2 aliphatic rings. The SMILES string of the molecule is CCCCC1CCC(CCCOc2ccc(C3CCC(CCC)CC3)cc2)CC1. The van der Waals surface area contributed by atoms with Crippen LogP contribution in [0.15, 0.2) is 24.3 Å². The molecule has 0 saturated heterocycles. The van der Waals surface area contributed by atoms with Crippen molar-refractivity contribution >= 4 is 0 Å². The molecule has 0 radical (unpaired) electrons. The van der Waals surface area contributed by atoms with Crippen molar-refractivity contribution in [2.24, 2.45) is 17.8 Å². The number of rotatable bonds is 11. The molecule has 0 heterocycles. The highest BCUT2D eigenvalue weighted by molar-refractivity contribution is 5.29. The maximum Gasteiger partial charge on any atom is 0.119 e. The standard InChI is InChI=1S/C28H46O/c1-3-5-8-24-10-12-25(13-11-24)9-6-22-29-28-20-18-27(19-21-28)26-16-14-23(7-4-2)15-17-26/h18-21,23-26H,3-17,22H2,1-2H3. The van der Waals surface area contributed by atoms with Crippen LogP contribution >= 0.6 is 0 Å². The van der Waals surface area contributed by atoms with E-state index in [1.165, 1.54) is 102 Å². The number of unbranched alkanes of at least 4 members (excludes halogenated alkanes) is 1. The Morgan fingerprint density at radius 3 is 1.79 bits per heavy atom. The van der Waals surface area contributed by atoms with Crippen LogP contribution in [0.2, 0.25) is 0 Å². The van der Waals surface area contributed by atoms with Crippen LogP contribution in [-0.2, 0) is 0 Å². The second-order valence-corrected chi connectivity index (χ2v) is 10.1. The topological polar surface area (TPSA) is 9.23 Å². The highest BCUT2D eigenvalue weighted by atomic mass is 16.5. The quantitative estimate of drug-likeness (QED) is 0.338. The zero-order chi connectivity index (χ0) is 20.3. The lowest BCUT2D eigenvalue weighted by Crippen LogP contribution is -2.15. The molecule has 1 aromatic carbocycles. The van der Waals surface area contributed by atoms with Gasteiger partial charge in [0.1, 0.15) is 5.75 Å². The summed E-state index contributed by atoms with van der Waals surface area (Å²) in [7, 11) is 0. The summed E-state index contributed by atoms with van der Waals surface area (Å²) in [5.41, 5.74) is 1.53. The molecule has 0 N–H and O–H groups in total. The first-order valence-corrected chi connectivity index (χ1v) is 13.0. The Hall–Kier alpha value is -0.980. The molecule has 2 saturated carbocycles. The third-order valence-electron chi connectivity index (χ3n) is 7.85. The molecule has 0 amide bonds. The molecule has 0 atom stereocenters. The van der Waals surface area contributed by atoms with E-state index in [0.717, 1.165) is 36.0 Å². The lowest BCUT2D eigenvalue weighted by molar-refractivity contribution is 0.228. The summed E-state index contributed by atoms with van der Waals surface area (Å²) in [6, 6.07) is 9.09. The average molecular weight is 399 g/mol. The smallest absolute Gasteiger partial charge is 0.119 e. The van der Waals surface area contributed by atoms with Gasteiger partial charge in [-0.2, -0.15) is 0 Å². The molecule has 0 aliphatic heterocycles. The highest BCUT2D eigenvalue weighted by Crippen LogP contribution is 2.38. The van der Waals surface area contributed by atoms with E-state index < -0.39 is 0 Å². The molecule has 1 heteroatoms. The van der Waals surface area contributed by atoms with E-state index in [1.54, 1.807) is 0 Å². The second kappa shape index (κ2) is 12.7. The van der Waals surface area contributed by atoms with E-state index in [-0.39, 0.29) is 0 Å². The van der Waals surface area contributed by atoms with Crippen molar-refractivity contribution in [3.63, 3.8) is 0 Å². The molecule has 0 unspecified atom stereocenters. The van der Waals surface area contributed by atoms with E-state index >= 15 is 0 Å². The van der Waals surface area contributed by atoms with Gasteiger partial charge >= 0.3 is 0 Å². The molecule has 3 rings (SSSR count). The van der Waals surface area contributed by atoms with Gasteiger partial charge in [-0.3, -0.25) is 0 Å². The molecular formula is C28H46O. The molecule has 0 spiro atoms. The predicted molar refractivity (Wildman–Crippen MR) is 126 cm³/mol. The maximum absolute atomic E-state index is 6.06. The Bertz CT molecular complexity index is 532. The summed E-state index contributed by atoms with van der Waals surface area (Å²) in [4.78, 5) is 0. The zero-order valence-electron chi connectivity index (χ0n) is 19.3. The average Bonchev–Trinajstić information content (AvgIpc) is 2.77. The first kappa shape index (κ1) is 22.7. The maximum atomic E-state index is 6.06. The van der Waals surface area contributed by atoms with Gasteiger partial charge in [0.2, 0.25) is 0 Å². The summed E-state index contributed by atoms with van der Waals surface area (Å²) in [6.07, 6.45) is 21.1. The van der Waals surface area contributed by atoms with E-state index in [0.29, 0.717) is 0 Å². The number of benzene rings is 1. The minimum Gasteiger partial charge on any atom is -0.494 e. The molecule has 164 valence electrons. The van der Waals surface area contributed by atoms with Crippen LogP contribution in [0, 0.1) is 17.8 Å². The fraction of sp³-hybridized carbons (Fsp3) is 0.786. The van der Waals surface area contributed by atoms with Gasteiger partial charge in [-0.15, -0.1) is 0 Å². The van der Waals surface area contributed by atoms with Crippen LogP contribution in [-0.4, -0.2) is 6.61 Å². The first-order chi connectivity index (χ1) is 14.3. The normalized spacial score (nSPS) is 27.7. The molecular weight excluding hydrogens is 352 g/mol. The van der Waals surface area contributed by atoms with Gasteiger partial charge in [0.05, 0.1) is 6.61 Å². The molecule has 2 aliphatic carbocycles. The zero-order valence-corrected chi connectivity index (χ0v) is 19.3. The molecule has 0 bridgehead atoms. The van der Waals surface area contributed by atoms with Gasteiger partial charge in [-0.1, -0.05) is 83.8 Å². The van der Waals surface area contributed by atoms with Crippen LogP contribution in [0.25, 0.3) is 0 Å². The summed E-state index contributed by atoms with van der Waals surface area (Å²) in [5, 5.41) is 0. The van der Waals surface area contributed by atoms with Crippen molar-refractivity contribution in [3.05, 3.63) is 29.8 Å². The van der Waals surface area contributed by atoms with E-state index in [9.17, 15) is 0 Å². The Kier molecular flexibility index (Phi) is 9.91. The summed E-state index contributed by atoms with van der Waals surface area (Å²) in [6.45, 7) is 5.53. The van der Waals surface area contributed by atoms with E-state index in [1.807, 2.05) is 0 Å². The monoisotopic (exact) mass is 398 g/mol. The van der Waals surface area contributed by atoms with Gasteiger partial charge in [-0.25, -0.2) is 0 Å². The molecule has 2 fully saturated rings. The van der Waals surface area contributed by atoms with Crippen molar-refractivity contribution < 1.29 is 4.74 Å². The Labute approximate surface area is 181 Å². The summed E-state index contributed by atoms with van der Waals surface area (Å²) in [5.74, 6) is 4.83. The van der Waals surface area contributed by atoms with Crippen molar-refractivity contribution in [3.8, 4) is 5.75 Å². The highest BCUT2D eigenvalue weighted by Gasteiger charge is 2.22. The largest absolute Gasteiger partial charge is 0.494 e. The lowest BCUT2D eigenvalue weighted by Gasteiger charge is -2.29. The van der Waals surface area contributed by atoms with Crippen LogP contribution in [0.3, 0.4) is 0 Å².